The van der Waals surface area contributed by atoms with Crippen LogP contribution >= 0.6 is 0 Å². The van der Waals surface area contributed by atoms with Crippen LogP contribution in [0.15, 0.2) is 24.3 Å². The van der Waals surface area contributed by atoms with Crippen molar-refractivity contribution in [2.45, 2.75) is 40.2 Å². The molecule has 0 spiro atoms. The Kier molecular flexibility index (Phi) is 4.42. The highest BCUT2D eigenvalue weighted by Gasteiger charge is 2.18. The predicted octanol–water partition coefficient (Wildman–Crippen LogP) is 2.26. The molecule has 0 aliphatic carbocycles. The van der Waals surface area contributed by atoms with Crippen molar-refractivity contribution in [1.82, 2.24) is 29.1 Å². The molecule has 9 nitrogen and oxygen atoms in total. The van der Waals surface area contributed by atoms with Crippen LogP contribution < -0.4 is 11.1 Å². The number of fused-ring (bicyclic) bond motifs is 2. The zero-order valence-corrected chi connectivity index (χ0v) is 16.1. The number of imidazole rings is 1. The summed E-state index contributed by atoms with van der Waals surface area (Å²) in [6, 6.07) is 7.86. The monoisotopic (exact) mass is 378 g/mol. The molecule has 28 heavy (non-hydrogen) atoms. The van der Waals surface area contributed by atoms with Gasteiger partial charge in [0.25, 0.3) is 5.78 Å². The number of hydrogen-bond acceptors (Lipinski definition) is 6. The standard InChI is InChI=1S/C19H22N8O/c1-4-9-26-15-8-6-5-7-14(15)22-18(26)23-16(28)10-13-11(2)21-19-24-17(20)25-27(19)12(13)3/h5-8H,4,9-10H2,1-3H3,(H2,20,25)(H,22,23,28). The van der Waals surface area contributed by atoms with Crippen molar-refractivity contribution in [2.75, 3.05) is 11.1 Å². The number of carbonyl (C=O) groups excluding carboxylic acids is 1. The molecule has 0 saturated heterocycles. The second-order valence-electron chi connectivity index (χ2n) is 6.74. The molecule has 0 aliphatic heterocycles. The van der Waals surface area contributed by atoms with E-state index in [1.807, 2.05) is 42.7 Å². The number of nitrogen functional groups attached to an aromatic ring is 1. The maximum atomic E-state index is 12.8. The Bertz CT molecular complexity index is 1190. The highest BCUT2D eigenvalue weighted by molar-refractivity contribution is 5.93. The van der Waals surface area contributed by atoms with E-state index in [1.54, 1.807) is 4.52 Å². The van der Waals surface area contributed by atoms with Gasteiger partial charge in [-0.1, -0.05) is 19.1 Å². The zero-order valence-electron chi connectivity index (χ0n) is 16.1. The van der Waals surface area contributed by atoms with E-state index in [0.29, 0.717) is 11.7 Å². The number of aromatic nitrogens is 6. The maximum absolute atomic E-state index is 12.8. The first-order valence-corrected chi connectivity index (χ1v) is 9.21. The molecule has 144 valence electrons. The fourth-order valence-corrected chi connectivity index (χ4v) is 3.43. The summed E-state index contributed by atoms with van der Waals surface area (Å²) in [5.74, 6) is 0.988. The third-order valence-corrected chi connectivity index (χ3v) is 4.76. The van der Waals surface area contributed by atoms with E-state index in [4.69, 9.17) is 5.73 Å². The molecular formula is C19H22N8O. The number of benzene rings is 1. The zero-order chi connectivity index (χ0) is 19.8. The first kappa shape index (κ1) is 17.9. The molecule has 0 aliphatic rings. The molecule has 3 aromatic heterocycles. The van der Waals surface area contributed by atoms with Crippen LogP contribution in [0.2, 0.25) is 0 Å². The molecule has 0 radical (unpaired) electrons. The summed E-state index contributed by atoms with van der Waals surface area (Å²) >= 11 is 0. The van der Waals surface area contributed by atoms with Crippen LogP contribution in [0.25, 0.3) is 16.8 Å². The summed E-state index contributed by atoms with van der Waals surface area (Å²) in [4.78, 5) is 25.9. The summed E-state index contributed by atoms with van der Waals surface area (Å²) in [6.45, 7) is 6.61. The normalized spacial score (nSPS) is 11.4. The Morgan fingerprint density at radius 3 is 2.75 bits per heavy atom. The predicted molar refractivity (Wildman–Crippen MR) is 107 cm³/mol. The third kappa shape index (κ3) is 3.04. The van der Waals surface area contributed by atoms with E-state index in [9.17, 15) is 4.79 Å². The number of nitrogens with one attached hydrogen (secondary N) is 1. The van der Waals surface area contributed by atoms with Gasteiger partial charge < -0.3 is 10.3 Å². The molecule has 0 fully saturated rings. The summed E-state index contributed by atoms with van der Waals surface area (Å²) in [5.41, 5.74) is 9.87. The lowest BCUT2D eigenvalue weighted by Gasteiger charge is -2.12. The van der Waals surface area contributed by atoms with Gasteiger partial charge >= 0.3 is 0 Å². The van der Waals surface area contributed by atoms with Gasteiger partial charge in [0.1, 0.15) is 0 Å². The first-order chi connectivity index (χ1) is 13.5. The number of carbonyl (C=O) groups is 1. The van der Waals surface area contributed by atoms with Crippen molar-refractivity contribution in [3.8, 4) is 0 Å². The van der Waals surface area contributed by atoms with Crippen LogP contribution in [-0.2, 0) is 17.8 Å². The first-order valence-electron chi connectivity index (χ1n) is 9.21. The number of nitrogens with zero attached hydrogens (tertiary/aromatic N) is 6. The van der Waals surface area contributed by atoms with Gasteiger partial charge in [-0.3, -0.25) is 10.1 Å². The fraction of sp³-hybridized carbons (Fsp3) is 0.316. The smallest absolute Gasteiger partial charge is 0.254 e. The quantitative estimate of drug-likeness (QED) is 0.550. The van der Waals surface area contributed by atoms with Gasteiger partial charge in [-0.2, -0.15) is 9.50 Å². The van der Waals surface area contributed by atoms with Crippen LogP contribution in [0.3, 0.4) is 0 Å². The van der Waals surface area contributed by atoms with Crippen LogP contribution in [0.4, 0.5) is 11.9 Å². The number of para-hydroxylation sites is 2. The lowest BCUT2D eigenvalue weighted by molar-refractivity contribution is -0.115. The van der Waals surface area contributed by atoms with E-state index in [2.05, 4.69) is 32.3 Å². The number of aryl methyl sites for hydroxylation is 3. The van der Waals surface area contributed by atoms with E-state index >= 15 is 0 Å². The summed E-state index contributed by atoms with van der Waals surface area (Å²) < 4.78 is 3.60. The minimum atomic E-state index is -0.159. The fourth-order valence-electron chi connectivity index (χ4n) is 3.43. The van der Waals surface area contributed by atoms with E-state index in [-0.39, 0.29) is 18.3 Å². The Morgan fingerprint density at radius 2 is 1.96 bits per heavy atom. The second kappa shape index (κ2) is 6.91. The lowest BCUT2D eigenvalue weighted by atomic mass is 10.1. The third-order valence-electron chi connectivity index (χ3n) is 4.76. The van der Waals surface area contributed by atoms with Gasteiger partial charge in [-0.05, 0) is 32.4 Å². The molecule has 9 heteroatoms. The van der Waals surface area contributed by atoms with Crippen LogP contribution in [0.5, 0.6) is 0 Å². The molecule has 0 atom stereocenters. The Labute approximate surface area is 161 Å². The molecule has 1 aromatic carbocycles. The van der Waals surface area contributed by atoms with E-state index in [0.717, 1.165) is 41.0 Å². The van der Waals surface area contributed by atoms with Gasteiger partial charge in [-0.15, -0.1) is 5.10 Å². The van der Waals surface area contributed by atoms with Crippen LogP contribution in [-0.4, -0.2) is 35.0 Å². The molecule has 3 heterocycles. The SMILES string of the molecule is CCCn1c(NC(=O)Cc2c(C)nc3nc(N)nn3c2C)nc2ccccc21. The molecule has 3 N–H and O–H groups in total. The topological polar surface area (TPSA) is 116 Å². The second-order valence-corrected chi connectivity index (χ2v) is 6.74. The largest absolute Gasteiger partial charge is 0.366 e. The highest BCUT2D eigenvalue weighted by Crippen LogP contribution is 2.21. The van der Waals surface area contributed by atoms with Gasteiger partial charge in [0.05, 0.1) is 17.5 Å². The molecule has 0 unspecified atom stereocenters. The molecule has 0 saturated carbocycles. The van der Waals surface area contributed by atoms with Gasteiger partial charge in [-0.25, -0.2) is 9.97 Å². The Hall–Kier alpha value is -3.49. The highest BCUT2D eigenvalue weighted by atomic mass is 16.1. The minimum Gasteiger partial charge on any atom is -0.366 e. The average Bonchev–Trinajstić information content (AvgIpc) is 3.19. The summed E-state index contributed by atoms with van der Waals surface area (Å²) in [5, 5.41) is 7.10. The Balaban J connectivity index is 1.64. The van der Waals surface area contributed by atoms with Gasteiger partial charge in [0.15, 0.2) is 0 Å². The average molecular weight is 378 g/mol. The van der Waals surface area contributed by atoms with Crippen molar-refractivity contribution in [1.29, 1.82) is 0 Å². The number of hydrogen-bond donors (Lipinski definition) is 2. The molecule has 0 bridgehead atoms. The van der Waals surface area contributed by atoms with Crippen molar-refractivity contribution in [3.05, 3.63) is 41.2 Å². The Morgan fingerprint density at radius 1 is 1.18 bits per heavy atom. The van der Waals surface area contributed by atoms with Crippen LogP contribution in [0.1, 0.15) is 30.3 Å². The molecule has 1 amide bonds. The van der Waals surface area contributed by atoms with Crippen molar-refractivity contribution in [2.24, 2.45) is 0 Å². The summed E-state index contributed by atoms with van der Waals surface area (Å²) in [6.07, 6.45) is 1.10. The summed E-state index contributed by atoms with van der Waals surface area (Å²) in [7, 11) is 0. The molecular weight excluding hydrogens is 356 g/mol. The number of amides is 1. The minimum absolute atomic E-state index is 0.157. The van der Waals surface area contributed by atoms with Crippen LogP contribution in [0, 0.1) is 13.8 Å². The van der Waals surface area contributed by atoms with E-state index < -0.39 is 0 Å². The van der Waals surface area contributed by atoms with Gasteiger partial charge in [0.2, 0.25) is 17.8 Å². The van der Waals surface area contributed by atoms with Gasteiger partial charge in [0, 0.05) is 23.5 Å². The molecule has 4 aromatic rings. The maximum Gasteiger partial charge on any atom is 0.254 e. The van der Waals surface area contributed by atoms with Crippen molar-refractivity contribution < 1.29 is 4.79 Å². The van der Waals surface area contributed by atoms with Crippen molar-refractivity contribution in [3.63, 3.8) is 0 Å². The lowest BCUT2D eigenvalue weighted by Crippen LogP contribution is -2.20. The molecule has 4 rings (SSSR count). The number of anilines is 2. The van der Waals surface area contributed by atoms with E-state index in [1.165, 1.54) is 0 Å². The number of rotatable bonds is 5. The van der Waals surface area contributed by atoms with Crippen molar-refractivity contribution >= 4 is 34.6 Å². The number of nitrogens with two attached hydrogens (primary N) is 1.